The highest BCUT2D eigenvalue weighted by atomic mass is 32.2. The Hall–Kier alpha value is -2.20. The van der Waals surface area contributed by atoms with Crippen molar-refractivity contribution >= 4 is 22.0 Å². The molecule has 1 aromatic rings. The van der Waals surface area contributed by atoms with E-state index in [1.807, 2.05) is 13.8 Å². The zero-order chi connectivity index (χ0) is 20.9. The number of piperazine rings is 1. The molecule has 0 aliphatic carbocycles. The van der Waals surface area contributed by atoms with Crippen LogP contribution in [0.5, 0.6) is 0 Å². The first-order valence-corrected chi connectivity index (χ1v) is 10.6. The van der Waals surface area contributed by atoms with Crippen molar-refractivity contribution in [1.29, 1.82) is 0 Å². The Morgan fingerprint density at radius 1 is 1.18 bits per heavy atom. The van der Waals surface area contributed by atoms with Gasteiger partial charge in [-0.25, -0.2) is 22.3 Å². The van der Waals surface area contributed by atoms with Crippen molar-refractivity contribution in [1.82, 2.24) is 14.5 Å². The van der Waals surface area contributed by atoms with Crippen LogP contribution in [0, 0.1) is 11.7 Å². The van der Waals surface area contributed by atoms with Crippen molar-refractivity contribution in [3.63, 3.8) is 0 Å². The topological polar surface area (TPSA) is 96.0 Å². The summed E-state index contributed by atoms with van der Waals surface area (Å²) < 4.78 is 45.9. The summed E-state index contributed by atoms with van der Waals surface area (Å²) in [5.41, 5.74) is -0.310. The van der Waals surface area contributed by atoms with Gasteiger partial charge < -0.3 is 14.5 Å². The number of carbonyl (C=O) groups excluding carboxylic acids is 2. The molecule has 1 aliphatic heterocycles. The van der Waals surface area contributed by atoms with E-state index in [0.29, 0.717) is 6.61 Å². The molecule has 0 saturated carbocycles. The van der Waals surface area contributed by atoms with Crippen LogP contribution in [0.25, 0.3) is 0 Å². The molecule has 2 amide bonds. The number of nitrogens with zero attached hydrogens (tertiary/aromatic N) is 2. The fourth-order valence-corrected chi connectivity index (χ4v) is 3.77. The minimum absolute atomic E-state index is 0.171. The van der Waals surface area contributed by atoms with Gasteiger partial charge in [-0.05, 0) is 24.1 Å². The molecule has 0 bridgehead atoms. The first-order valence-electron chi connectivity index (χ1n) is 9.16. The van der Waals surface area contributed by atoms with Crippen molar-refractivity contribution in [3.05, 3.63) is 29.6 Å². The smallest absolute Gasteiger partial charge is 0.409 e. The SMILES string of the molecule is CCNS(=O)(=O)c1ccc(F)c(C(=O)N2CCN(C(=O)OCC(C)C)CC2)c1. The average molecular weight is 415 g/mol. The van der Waals surface area contributed by atoms with Gasteiger partial charge >= 0.3 is 6.09 Å². The van der Waals surface area contributed by atoms with Crippen molar-refractivity contribution in [2.24, 2.45) is 5.92 Å². The van der Waals surface area contributed by atoms with E-state index in [1.54, 1.807) is 6.92 Å². The standard InChI is InChI=1S/C18H26FN3O5S/c1-4-20-28(25,26)14-5-6-16(19)15(11-14)17(23)21-7-9-22(10-8-21)18(24)27-12-13(2)3/h5-6,11,13,20H,4,7-10,12H2,1-3H3. The number of hydrogen-bond donors (Lipinski definition) is 1. The molecule has 1 heterocycles. The predicted molar refractivity (Wildman–Crippen MR) is 101 cm³/mol. The van der Waals surface area contributed by atoms with Crippen LogP contribution in [0.4, 0.5) is 9.18 Å². The van der Waals surface area contributed by atoms with E-state index in [-0.39, 0.29) is 49.1 Å². The first kappa shape index (κ1) is 22.1. The summed E-state index contributed by atoms with van der Waals surface area (Å²) in [5, 5.41) is 0. The van der Waals surface area contributed by atoms with Crippen LogP contribution in [0.15, 0.2) is 23.1 Å². The van der Waals surface area contributed by atoms with Crippen molar-refractivity contribution in [2.45, 2.75) is 25.7 Å². The summed E-state index contributed by atoms with van der Waals surface area (Å²) in [6.45, 7) is 6.93. The van der Waals surface area contributed by atoms with Crippen LogP contribution in [0.3, 0.4) is 0 Å². The molecule has 0 atom stereocenters. The Morgan fingerprint density at radius 2 is 1.79 bits per heavy atom. The van der Waals surface area contributed by atoms with Gasteiger partial charge in [0.15, 0.2) is 0 Å². The van der Waals surface area contributed by atoms with Crippen LogP contribution in [-0.2, 0) is 14.8 Å². The molecule has 0 spiro atoms. The monoisotopic (exact) mass is 415 g/mol. The van der Waals surface area contributed by atoms with Gasteiger partial charge in [-0.15, -0.1) is 0 Å². The van der Waals surface area contributed by atoms with Crippen LogP contribution in [0.1, 0.15) is 31.1 Å². The maximum absolute atomic E-state index is 14.2. The minimum Gasteiger partial charge on any atom is -0.449 e. The van der Waals surface area contributed by atoms with Crippen LogP contribution >= 0.6 is 0 Å². The van der Waals surface area contributed by atoms with Crippen LogP contribution in [0.2, 0.25) is 0 Å². The molecule has 0 radical (unpaired) electrons. The van der Waals surface area contributed by atoms with Crippen LogP contribution < -0.4 is 4.72 Å². The molecule has 10 heteroatoms. The highest BCUT2D eigenvalue weighted by Gasteiger charge is 2.28. The van der Waals surface area contributed by atoms with E-state index in [4.69, 9.17) is 4.74 Å². The van der Waals surface area contributed by atoms with Gasteiger partial charge in [-0.2, -0.15) is 0 Å². The van der Waals surface area contributed by atoms with Gasteiger partial charge in [0.1, 0.15) is 5.82 Å². The van der Waals surface area contributed by atoms with Crippen molar-refractivity contribution in [3.8, 4) is 0 Å². The summed E-state index contributed by atoms with van der Waals surface area (Å²) in [4.78, 5) is 27.4. The summed E-state index contributed by atoms with van der Waals surface area (Å²) in [7, 11) is -3.80. The third-order valence-electron chi connectivity index (χ3n) is 4.18. The zero-order valence-corrected chi connectivity index (χ0v) is 17.1. The minimum atomic E-state index is -3.80. The number of sulfonamides is 1. The number of benzene rings is 1. The molecule has 0 aromatic heterocycles. The molecule has 1 saturated heterocycles. The molecule has 2 rings (SSSR count). The third kappa shape index (κ3) is 5.41. The molecular formula is C18H26FN3O5S. The second-order valence-electron chi connectivity index (χ2n) is 6.89. The fraction of sp³-hybridized carbons (Fsp3) is 0.556. The Bertz CT molecular complexity index is 821. The van der Waals surface area contributed by atoms with Gasteiger partial charge in [-0.1, -0.05) is 20.8 Å². The van der Waals surface area contributed by atoms with E-state index in [9.17, 15) is 22.4 Å². The summed E-state index contributed by atoms with van der Waals surface area (Å²) >= 11 is 0. The van der Waals surface area contributed by atoms with E-state index in [1.165, 1.54) is 9.80 Å². The summed E-state index contributed by atoms with van der Waals surface area (Å²) in [6.07, 6.45) is -0.439. The van der Waals surface area contributed by atoms with Crippen molar-refractivity contribution in [2.75, 3.05) is 39.3 Å². The Morgan fingerprint density at radius 3 is 2.36 bits per heavy atom. The maximum atomic E-state index is 14.2. The molecule has 156 valence electrons. The summed E-state index contributed by atoms with van der Waals surface area (Å²) in [5.74, 6) is -1.18. The highest BCUT2D eigenvalue weighted by molar-refractivity contribution is 7.89. The lowest BCUT2D eigenvalue weighted by molar-refractivity contribution is 0.0532. The average Bonchev–Trinajstić information content (AvgIpc) is 2.65. The second-order valence-corrected chi connectivity index (χ2v) is 8.66. The maximum Gasteiger partial charge on any atom is 0.409 e. The van der Waals surface area contributed by atoms with Gasteiger partial charge in [0.05, 0.1) is 17.1 Å². The van der Waals surface area contributed by atoms with Crippen molar-refractivity contribution < 1.29 is 27.1 Å². The molecule has 8 nitrogen and oxygen atoms in total. The van der Waals surface area contributed by atoms with Crippen LogP contribution in [-0.4, -0.2) is 69.5 Å². The largest absolute Gasteiger partial charge is 0.449 e. The molecular weight excluding hydrogens is 389 g/mol. The molecule has 1 fully saturated rings. The predicted octanol–water partition coefficient (Wildman–Crippen LogP) is 1.67. The van der Waals surface area contributed by atoms with Gasteiger partial charge in [0.2, 0.25) is 10.0 Å². The number of nitrogens with one attached hydrogen (secondary N) is 1. The lowest BCUT2D eigenvalue weighted by Gasteiger charge is -2.34. The van der Waals surface area contributed by atoms with E-state index >= 15 is 0 Å². The molecule has 0 unspecified atom stereocenters. The third-order valence-corrected chi connectivity index (χ3v) is 5.72. The Balaban J connectivity index is 2.06. The Labute approximate surface area is 164 Å². The number of hydrogen-bond acceptors (Lipinski definition) is 5. The number of ether oxygens (including phenoxy) is 1. The Kier molecular flexibility index (Phi) is 7.36. The highest BCUT2D eigenvalue weighted by Crippen LogP contribution is 2.18. The number of halogens is 1. The number of rotatable bonds is 6. The second kappa shape index (κ2) is 9.33. The van der Waals surface area contributed by atoms with E-state index in [0.717, 1.165) is 18.2 Å². The normalized spacial score (nSPS) is 15.0. The number of amides is 2. The quantitative estimate of drug-likeness (QED) is 0.763. The van der Waals surface area contributed by atoms with Gasteiger partial charge in [-0.3, -0.25) is 4.79 Å². The zero-order valence-electron chi connectivity index (χ0n) is 16.3. The molecule has 1 aromatic carbocycles. The molecule has 28 heavy (non-hydrogen) atoms. The van der Waals surface area contributed by atoms with E-state index in [2.05, 4.69) is 4.72 Å². The fourth-order valence-electron chi connectivity index (χ4n) is 2.70. The molecule has 1 aliphatic rings. The summed E-state index contributed by atoms with van der Waals surface area (Å²) in [6, 6.07) is 3.13. The van der Waals surface area contributed by atoms with Gasteiger partial charge in [0.25, 0.3) is 5.91 Å². The lowest BCUT2D eigenvalue weighted by atomic mass is 10.1. The first-order chi connectivity index (χ1) is 13.2. The molecule has 1 N–H and O–H groups in total. The van der Waals surface area contributed by atoms with Gasteiger partial charge in [0, 0.05) is 32.7 Å². The lowest BCUT2D eigenvalue weighted by Crippen LogP contribution is -2.51. The van der Waals surface area contributed by atoms with E-state index < -0.39 is 27.8 Å². The number of carbonyl (C=O) groups is 2.